The molecule has 0 unspecified atom stereocenters. The largest absolute Gasteiger partial charge is 0.271 e. The lowest BCUT2D eigenvalue weighted by atomic mass is 10.1. The monoisotopic (exact) mass is 449 g/mol. The lowest BCUT2D eigenvalue weighted by Crippen LogP contribution is -2.29. The van der Waals surface area contributed by atoms with Gasteiger partial charge in [0.15, 0.2) is 0 Å². The summed E-state index contributed by atoms with van der Waals surface area (Å²) in [5.74, 6) is -0.343. The van der Waals surface area contributed by atoms with E-state index in [1.54, 1.807) is 24.3 Å². The average molecular weight is 450 g/mol. The fourth-order valence-corrected chi connectivity index (χ4v) is 4.05. The fraction of sp³-hybridized carbons (Fsp3) is 0.200. The molecule has 1 N–H and O–H groups in total. The summed E-state index contributed by atoms with van der Waals surface area (Å²) >= 11 is 0. The SMILES string of the molecule is C/C(CCc1ccccc1)=N/NC(=O)c1ccc(N(Cc2ccccc2)S(C)(=O)=O)cc1. The highest BCUT2D eigenvalue weighted by molar-refractivity contribution is 7.92. The maximum Gasteiger partial charge on any atom is 0.271 e. The fourth-order valence-electron chi connectivity index (χ4n) is 3.16. The second-order valence-corrected chi connectivity index (χ2v) is 9.48. The van der Waals surface area contributed by atoms with Crippen LogP contribution in [0.5, 0.6) is 0 Å². The summed E-state index contributed by atoms with van der Waals surface area (Å²) in [6.45, 7) is 2.09. The summed E-state index contributed by atoms with van der Waals surface area (Å²) in [6, 6.07) is 25.9. The van der Waals surface area contributed by atoms with Crippen LogP contribution in [-0.4, -0.2) is 26.3 Å². The number of anilines is 1. The number of nitrogens with one attached hydrogen (secondary N) is 1. The van der Waals surface area contributed by atoms with Crippen molar-refractivity contribution in [2.75, 3.05) is 10.6 Å². The first-order valence-electron chi connectivity index (χ1n) is 10.3. The molecule has 0 fully saturated rings. The van der Waals surface area contributed by atoms with Crippen LogP contribution >= 0.6 is 0 Å². The van der Waals surface area contributed by atoms with Crippen LogP contribution in [-0.2, 0) is 23.0 Å². The summed E-state index contributed by atoms with van der Waals surface area (Å²) in [5.41, 5.74) is 6.39. The first-order chi connectivity index (χ1) is 15.3. The zero-order chi connectivity index (χ0) is 23.0. The number of amides is 1. The predicted molar refractivity (Wildman–Crippen MR) is 129 cm³/mol. The third kappa shape index (κ3) is 6.78. The first-order valence-corrected chi connectivity index (χ1v) is 12.2. The molecule has 0 aliphatic carbocycles. The Hall–Kier alpha value is -3.45. The van der Waals surface area contributed by atoms with Crippen molar-refractivity contribution in [1.82, 2.24) is 5.43 Å². The van der Waals surface area contributed by atoms with Gasteiger partial charge < -0.3 is 0 Å². The topological polar surface area (TPSA) is 78.8 Å². The molecule has 7 heteroatoms. The van der Waals surface area contributed by atoms with Gasteiger partial charge in [-0.15, -0.1) is 0 Å². The Balaban J connectivity index is 1.63. The van der Waals surface area contributed by atoms with Crippen LogP contribution in [0.1, 0.15) is 34.8 Å². The number of hydrogen-bond donors (Lipinski definition) is 1. The van der Waals surface area contributed by atoms with E-state index >= 15 is 0 Å². The Morgan fingerprint density at radius 1 is 0.875 bits per heavy atom. The number of hydrogen-bond acceptors (Lipinski definition) is 4. The van der Waals surface area contributed by atoms with Crippen LogP contribution in [0.15, 0.2) is 90.0 Å². The Labute approximate surface area is 189 Å². The summed E-state index contributed by atoms with van der Waals surface area (Å²) in [5, 5.41) is 4.18. The highest BCUT2D eigenvalue weighted by atomic mass is 32.2. The molecule has 0 saturated heterocycles. The molecule has 0 aliphatic rings. The molecule has 0 radical (unpaired) electrons. The van der Waals surface area contributed by atoms with Crippen molar-refractivity contribution in [3.63, 3.8) is 0 Å². The quantitative estimate of drug-likeness (QED) is 0.389. The van der Waals surface area contributed by atoms with Crippen molar-refractivity contribution in [1.29, 1.82) is 0 Å². The number of carbonyl (C=O) groups is 1. The molecule has 0 aromatic heterocycles. The van der Waals surface area contributed by atoms with E-state index in [2.05, 4.69) is 22.7 Å². The second kappa shape index (κ2) is 10.7. The molecular weight excluding hydrogens is 422 g/mol. The molecule has 0 atom stereocenters. The lowest BCUT2D eigenvalue weighted by Gasteiger charge is -2.22. The van der Waals surface area contributed by atoms with E-state index in [1.807, 2.05) is 55.5 Å². The maximum atomic E-state index is 12.4. The average Bonchev–Trinajstić information content (AvgIpc) is 2.80. The Morgan fingerprint density at radius 3 is 2.00 bits per heavy atom. The number of rotatable bonds is 9. The van der Waals surface area contributed by atoms with Gasteiger partial charge in [-0.1, -0.05) is 60.7 Å². The van der Waals surface area contributed by atoms with E-state index in [1.165, 1.54) is 16.1 Å². The van der Waals surface area contributed by atoms with E-state index in [9.17, 15) is 13.2 Å². The minimum atomic E-state index is -3.49. The zero-order valence-electron chi connectivity index (χ0n) is 18.2. The Kier molecular flexibility index (Phi) is 7.78. The van der Waals surface area contributed by atoms with Gasteiger partial charge in [0.05, 0.1) is 18.5 Å². The molecule has 3 aromatic rings. The van der Waals surface area contributed by atoms with Crippen molar-refractivity contribution in [2.45, 2.75) is 26.3 Å². The minimum absolute atomic E-state index is 0.218. The van der Waals surface area contributed by atoms with Gasteiger partial charge in [0.1, 0.15) is 0 Å². The van der Waals surface area contributed by atoms with Crippen LogP contribution in [0.2, 0.25) is 0 Å². The van der Waals surface area contributed by atoms with Gasteiger partial charge in [-0.25, -0.2) is 13.8 Å². The van der Waals surface area contributed by atoms with Crippen molar-refractivity contribution < 1.29 is 13.2 Å². The van der Waals surface area contributed by atoms with Crippen LogP contribution in [0.4, 0.5) is 5.69 Å². The van der Waals surface area contributed by atoms with Crippen LogP contribution in [0.25, 0.3) is 0 Å². The number of nitrogens with zero attached hydrogens (tertiary/aromatic N) is 2. The van der Waals surface area contributed by atoms with E-state index in [0.29, 0.717) is 11.3 Å². The van der Waals surface area contributed by atoms with Gasteiger partial charge in [0, 0.05) is 11.3 Å². The van der Waals surface area contributed by atoms with Crippen LogP contribution in [0.3, 0.4) is 0 Å². The normalized spacial score (nSPS) is 11.8. The summed E-state index contributed by atoms with van der Waals surface area (Å²) in [4.78, 5) is 12.4. The van der Waals surface area contributed by atoms with Gasteiger partial charge in [-0.3, -0.25) is 9.10 Å². The highest BCUT2D eigenvalue weighted by Gasteiger charge is 2.18. The molecule has 0 heterocycles. The van der Waals surface area contributed by atoms with Gasteiger partial charge in [-0.2, -0.15) is 5.10 Å². The lowest BCUT2D eigenvalue weighted by molar-refractivity contribution is 0.0954. The summed E-state index contributed by atoms with van der Waals surface area (Å²) in [7, 11) is -3.49. The van der Waals surface area contributed by atoms with Crippen LogP contribution in [0, 0.1) is 0 Å². The molecule has 32 heavy (non-hydrogen) atoms. The number of carbonyl (C=O) groups excluding carboxylic acids is 1. The summed E-state index contributed by atoms with van der Waals surface area (Å²) in [6.07, 6.45) is 2.76. The van der Waals surface area contributed by atoms with Crippen molar-refractivity contribution in [3.8, 4) is 0 Å². The van der Waals surface area contributed by atoms with E-state index in [0.717, 1.165) is 24.1 Å². The molecule has 3 aromatic carbocycles. The van der Waals surface area contributed by atoms with Gasteiger partial charge in [0.25, 0.3) is 5.91 Å². The van der Waals surface area contributed by atoms with Gasteiger partial charge >= 0.3 is 0 Å². The van der Waals surface area contributed by atoms with E-state index in [4.69, 9.17) is 0 Å². The van der Waals surface area contributed by atoms with Gasteiger partial charge in [-0.05, 0) is 55.2 Å². The standard InChI is InChI=1S/C25H27N3O3S/c1-20(13-14-21-9-5-3-6-10-21)26-27-25(29)23-15-17-24(18-16-23)28(32(2,30)31)19-22-11-7-4-8-12-22/h3-12,15-18H,13-14,19H2,1-2H3,(H,27,29)/b26-20-. The highest BCUT2D eigenvalue weighted by Crippen LogP contribution is 2.21. The molecule has 0 bridgehead atoms. The molecule has 0 spiro atoms. The Morgan fingerprint density at radius 2 is 1.44 bits per heavy atom. The number of aryl methyl sites for hydroxylation is 1. The maximum absolute atomic E-state index is 12.4. The minimum Gasteiger partial charge on any atom is -0.267 e. The van der Waals surface area contributed by atoms with Crippen molar-refractivity contribution >= 4 is 27.3 Å². The van der Waals surface area contributed by atoms with E-state index < -0.39 is 10.0 Å². The second-order valence-electron chi connectivity index (χ2n) is 7.58. The molecule has 1 amide bonds. The predicted octanol–water partition coefficient (Wildman–Crippen LogP) is 4.39. The molecular formula is C25H27N3O3S. The van der Waals surface area contributed by atoms with Crippen molar-refractivity contribution in [3.05, 3.63) is 102 Å². The zero-order valence-corrected chi connectivity index (χ0v) is 19.0. The smallest absolute Gasteiger partial charge is 0.267 e. The van der Waals surface area contributed by atoms with E-state index in [-0.39, 0.29) is 12.5 Å². The molecule has 0 aliphatic heterocycles. The third-order valence-corrected chi connectivity index (χ3v) is 6.09. The molecule has 166 valence electrons. The van der Waals surface area contributed by atoms with Crippen molar-refractivity contribution in [2.24, 2.45) is 5.10 Å². The first kappa shape index (κ1) is 23.2. The number of benzene rings is 3. The molecule has 3 rings (SSSR count). The summed E-state index contributed by atoms with van der Waals surface area (Å²) < 4.78 is 26.0. The number of hydrazone groups is 1. The molecule has 6 nitrogen and oxygen atoms in total. The van der Waals surface area contributed by atoms with Crippen LogP contribution < -0.4 is 9.73 Å². The van der Waals surface area contributed by atoms with Gasteiger partial charge in [0.2, 0.25) is 10.0 Å². The Bertz CT molecular complexity index is 1160. The molecule has 0 saturated carbocycles. The number of sulfonamides is 1. The third-order valence-electron chi connectivity index (χ3n) is 4.95.